The highest BCUT2D eigenvalue weighted by Gasteiger charge is 2.21. The molecule has 0 aliphatic carbocycles. The molecule has 3 unspecified atom stereocenters. The number of thioether (sulfide) groups is 1. The van der Waals surface area contributed by atoms with Crippen molar-refractivity contribution in [2.75, 3.05) is 19.0 Å². The van der Waals surface area contributed by atoms with Gasteiger partial charge in [-0.05, 0) is 19.3 Å². The number of aliphatic hydroxyl groups is 1. The minimum atomic E-state index is 0.117. The van der Waals surface area contributed by atoms with E-state index in [0.29, 0.717) is 6.10 Å². The fraction of sp³-hybridized carbons (Fsp3) is 1.00. The van der Waals surface area contributed by atoms with Gasteiger partial charge in [0.05, 0.1) is 12.7 Å². The van der Waals surface area contributed by atoms with E-state index in [9.17, 15) is 5.11 Å². The molecule has 0 aromatic heterocycles. The number of hydrogen-bond donors (Lipinski definition) is 2. The van der Waals surface area contributed by atoms with Crippen LogP contribution in [0, 0.1) is 0 Å². The van der Waals surface area contributed by atoms with Gasteiger partial charge in [-0.25, -0.2) is 0 Å². The van der Waals surface area contributed by atoms with Gasteiger partial charge in [0.25, 0.3) is 0 Å². The van der Waals surface area contributed by atoms with Crippen molar-refractivity contribution in [1.82, 2.24) is 0 Å². The normalized spacial score (nSPS) is 25.4. The van der Waals surface area contributed by atoms with Gasteiger partial charge >= 0.3 is 0 Å². The summed E-state index contributed by atoms with van der Waals surface area (Å²) < 4.78 is 5.54. The monoisotopic (exact) mass is 233 g/mol. The Morgan fingerprint density at radius 3 is 2.93 bits per heavy atom. The van der Waals surface area contributed by atoms with E-state index >= 15 is 0 Å². The molecule has 90 valence electrons. The van der Waals surface area contributed by atoms with Gasteiger partial charge in [-0.1, -0.05) is 13.3 Å². The average molecular weight is 233 g/mol. The Hall–Kier alpha value is 0.230. The van der Waals surface area contributed by atoms with Crippen molar-refractivity contribution in [2.45, 2.75) is 50.0 Å². The van der Waals surface area contributed by atoms with Gasteiger partial charge in [0.15, 0.2) is 0 Å². The summed E-state index contributed by atoms with van der Waals surface area (Å²) in [6, 6.07) is 0.117. The first kappa shape index (κ1) is 13.3. The van der Waals surface area contributed by atoms with Crippen molar-refractivity contribution in [3.63, 3.8) is 0 Å². The first-order valence-corrected chi connectivity index (χ1v) is 6.92. The zero-order chi connectivity index (χ0) is 11.1. The lowest BCUT2D eigenvalue weighted by Crippen LogP contribution is -2.35. The molecule has 1 aliphatic heterocycles. The van der Waals surface area contributed by atoms with Gasteiger partial charge in [-0.15, -0.1) is 0 Å². The molecule has 0 radical (unpaired) electrons. The highest BCUT2D eigenvalue weighted by atomic mass is 32.2. The Labute approximate surface area is 96.8 Å². The third-order valence-electron chi connectivity index (χ3n) is 2.80. The third kappa shape index (κ3) is 4.72. The van der Waals surface area contributed by atoms with Crippen molar-refractivity contribution in [1.29, 1.82) is 0 Å². The van der Waals surface area contributed by atoms with Crippen LogP contribution in [0.15, 0.2) is 0 Å². The summed E-state index contributed by atoms with van der Waals surface area (Å²) in [7, 11) is 0. The highest BCUT2D eigenvalue weighted by Crippen LogP contribution is 2.22. The molecule has 0 amide bonds. The number of hydrogen-bond acceptors (Lipinski definition) is 4. The van der Waals surface area contributed by atoms with Crippen LogP contribution in [0.5, 0.6) is 0 Å². The van der Waals surface area contributed by atoms with Crippen molar-refractivity contribution in [3.8, 4) is 0 Å². The lowest BCUT2D eigenvalue weighted by molar-refractivity contribution is 0.128. The van der Waals surface area contributed by atoms with E-state index in [1.54, 1.807) is 11.8 Å². The van der Waals surface area contributed by atoms with Crippen LogP contribution in [0.4, 0.5) is 0 Å². The van der Waals surface area contributed by atoms with E-state index in [2.05, 4.69) is 6.92 Å². The van der Waals surface area contributed by atoms with Crippen molar-refractivity contribution in [3.05, 3.63) is 0 Å². The van der Waals surface area contributed by atoms with Gasteiger partial charge in [-0.3, -0.25) is 0 Å². The van der Waals surface area contributed by atoms with Crippen LogP contribution in [0.3, 0.4) is 0 Å². The van der Waals surface area contributed by atoms with E-state index in [1.165, 1.54) is 6.42 Å². The summed E-state index contributed by atoms with van der Waals surface area (Å²) in [5.41, 5.74) is 6.00. The first-order chi connectivity index (χ1) is 7.27. The van der Waals surface area contributed by atoms with Crippen molar-refractivity contribution in [2.24, 2.45) is 5.73 Å². The standard InChI is InChI=1S/C11H23NO2S/c1-2-4-10(12)11(7-13)15-8-9-5-3-6-14-9/h9-11,13H,2-8,12H2,1H3. The summed E-state index contributed by atoms with van der Waals surface area (Å²) in [6.45, 7) is 3.20. The third-order valence-corrected chi connectivity index (χ3v) is 4.29. The predicted molar refractivity (Wildman–Crippen MR) is 65.2 cm³/mol. The molecule has 1 heterocycles. The molecular weight excluding hydrogens is 210 g/mol. The molecule has 1 fully saturated rings. The van der Waals surface area contributed by atoms with Crippen molar-refractivity contribution < 1.29 is 9.84 Å². The second-order valence-electron chi connectivity index (χ2n) is 4.14. The molecule has 1 rings (SSSR count). The molecule has 0 aromatic rings. The van der Waals surface area contributed by atoms with E-state index in [0.717, 1.165) is 31.6 Å². The fourth-order valence-corrected chi connectivity index (χ4v) is 3.05. The Morgan fingerprint density at radius 1 is 1.60 bits per heavy atom. The molecule has 1 saturated heterocycles. The number of nitrogens with two attached hydrogens (primary N) is 1. The Kier molecular flexibility index (Phi) is 6.64. The molecule has 0 spiro atoms. The molecule has 0 bridgehead atoms. The summed E-state index contributed by atoms with van der Waals surface area (Å²) >= 11 is 1.77. The minimum Gasteiger partial charge on any atom is -0.395 e. The Bertz CT molecular complexity index is 163. The lowest BCUT2D eigenvalue weighted by Gasteiger charge is -2.22. The topological polar surface area (TPSA) is 55.5 Å². The van der Waals surface area contributed by atoms with Gasteiger partial charge in [-0.2, -0.15) is 11.8 Å². The van der Waals surface area contributed by atoms with Crippen LogP contribution in [0.1, 0.15) is 32.6 Å². The quantitative estimate of drug-likeness (QED) is 0.697. The number of rotatable bonds is 7. The molecule has 3 atom stereocenters. The Balaban J connectivity index is 2.19. The van der Waals surface area contributed by atoms with Gasteiger partial charge < -0.3 is 15.6 Å². The van der Waals surface area contributed by atoms with Crippen LogP contribution in [-0.2, 0) is 4.74 Å². The van der Waals surface area contributed by atoms with Crippen LogP contribution < -0.4 is 5.73 Å². The van der Waals surface area contributed by atoms with E-state index < -0.39 is 0 Å². The SMILES string of the molecule is CCCC(N)C(CO)SCC1CCCO1. The summed E-state index contributed by atoms with van der Waals surface area (Å²) in [6.07, 6.45) is 4.80. The fourth-order valence-electron chi connectivity index (χ4n) is 1.84. The molecule has 1 aliphatic rings. The minimum absolute atomic E-state index is 0.117. The van der Waals surface area contributed by atoms with Gasteiger partial charge in [0.1, 0.15) is 0 Å². The van der Waals surface area contributed by atoms with E-state index in [4.69, 9.17) is 10.5 Å². The molecule has 0 saturated carbocycles. The van der Waals surface area contributed by atoms with E-state index in [1.807, 2.05) is 0 Å². The van der Waals surface area contributed by atoms with Gasteiger partial charge in [0, 0.05) is 23.7 Å². The first-order valence-electron chi connectivity index (χ1n) is 5.87. The molecule has 0 aromatic carbocycles. The maximum atomic E-state index is 9.26. The summed E-state index contributed by atoms with van der Waals surface area (Å²) in [5, 5.41) is 9.43. The largest absolute Gasteiger partial charge is 0.395 e. The van der Waals surface area contributed by atoms with Gasteiger partial charge in [0.2, 0.25) is 0 Å². The summed E-state index contributed by atoms with van der Waals surface area (Å²) in [5.74, 6) is 0.975. The summed E-state index contributed by atoms with van der Waals surface area (Å²) in [4.78, 5) is 0. The van der Waals surface area contributed by atoms with E-state index in [-0.39, 0.29) is 17.9 Å². The smallest absolute Gasteiger partial charge is 0.0666 e. The second-order valence-corrected chi connectivity index (χ2v) is 5.41. The predicted octanol–water partition coefficient (Wildman–Crippen LogP) is 1.39. The maximum Gasteiger partial charge on any atom is 0.0666 e. The maximum absolute atomic E-state index is 9.26. The number of aliphatic hydroxyl groups excluding tert-OH is 1. The van der Waals surface area contributed by atoms with Crippen LogP contribution >= 0.6 is 11.8 Å². The molecule has 4 heteroatoms. The zero-order valence-electron chi connectivity index (χ0n) is 9.52. The highest BCUT2D eigenvalue weighted by molar-refractivity contribution is 8.00. The zero-order valence-corrected chi connectivity index (χ0v) is 10.3. The van der Waals surface area contributed by atoms with Crippen LogP contribution in [0.25, 0.3) is 0 Å². The molecular formula is C11H23NO2S. The molecule has 3 nitrogen and oxygen atoms in total. The average Bonchev–Trinajstić information content (AvgIpc) is 2.72. The lowest BCUT2D eigenvalue weighted by atomic mass is 10.1. The van der Waals surface area contributed by atoms with Crippen LogP contribution in [-0.4, -0.2) is 41.5 Å². The van der Waals surface area contributed by atoms with Crippen molar-refractivity contribution >= 4 is 11.8 Å². The molecule has 3 N–H and O–H groups in total. The second kappa shape index (κ2) is 7.49. The van der Waals surface area contributed by atoms with Crippen LogP contribution in [0.2, 0.25) is 0 Å². The number of ether oxygens (including phenoxy) is 1. The Morgan fingerprint density at radius 2 is 2.40 bits per heavy atom. The molecule has 15 heavy (non-hydrogen) atoms.